The second-order valence-corrected chi connectivity index (χ2v) is 5.86. The number of hydrogen-bond donors (Lipinski definition) is 0. The standard InChI is InChI=1S/C11H11Cl2N3O2S/c1-19(17)11-15-14-7-16(11)2-3-18-10-5-8(12)4-9(13)6-10/h4-7H,2-3H2,1H3/t19-/m1/s1. The average Bonchev–Trinajstić information content (AvgIpc) is 2.76. The smallest absolute Gasteiger partial charge is 0.221 e. The minimum Gasteiger partial charge on any atom is -0.492 e. The molecular weight excluding hydrogens is 309 g/mol. The summed E-state index contributed by atoms with van der Waals surface area (Å²) in [4.78, 5) is 0. The lowest BCUT2D eigenvalue weighted by Gasteiger charge is -2.08. The summed E-state index contributed by atoms with van der Waals surface area (Å²) in [6.45, 7) is 0.866. The lowest BCUT2D eigenvalue weighted by Crippen LogP contribution is -2.11. The van der Waals surface area contributed by atoms with Gasteiger partial charge >= 0.3 is 0 Å². The van der Waals surface area contributed by atoms with Crippen LogP contribution in [0.25, 0.3) is 0 Å². The third-order valence-electron chi connectivity index (χ3n) is 2.27. The predicted molar refractivity (Wildman–Crippen MR) is 74.3 cm³/mol. The van der Waals surface area contributed by atoms with Gasteiger partial charge in [0.25, 0.3) is 0 Å². The normalized spacial score (nSPS) is 12.4. The van der Waals surface area contributed by atoms with E-state index in [1.807, 2.05) is 0 Å². The Bertz CT molecular complexity index is 583. The molecule has 0 fully saturated rings. The van der Waals surface area contributed by atoms with E-state index in [0.29, 0.717) is 34.1 Å². The Morgan fingerprint density at radius 3 is 2.63 bits per heavy atom. The number of halogens is 2. The summed E-state index contributed by atoms with van der Waals surface area (Å²) in [5.41, 5.74) is 0. The van der Waals surface area contributed by atoms with Gasteiger partial charge in [0.2, 0.25) is 5.16 Å². The molecule has 0 N–H and O–H groups in total. The highest BCUT2D eigenvalue weighted by Gasteiger charge is 2.07. The van der Waals surface area contributed by atoms with E-state index in [9.17, 15) is 4.21 Å². The maximum Gasteiger partial charge on any atom is 0.221 e. The van der Waals surface area contributed by atoms with Crippen molar-refractivity contribution >= 4 is 34.0 Å². The minimum absolute atomic E-state index is 0.374. The van der Waals surface area contributed by atoms with Crippen LogP contribution in [0, 0.1) is 0 Å². The van der Waals surface area contributed by atoms with E-state index in [0.717, 1.165) is 0 Å². The van der Waals surface area contributed by atoms with Gasteiger partial charge < -0.3 is 9.30 Å². The molecule has 0 spiro atoms. The number of rotatable bonds is 5. The van der Waals surface area contributed by atoms with Crippen LogP contribution in [0.1, 0.15) is 0 Å². The van der Waals surface area contributed by atoms with Crippen LogP contribution in [0.3, 0.4) is 0 Å². The van der Waals surface area contributed by atoms with E-state index in [4.69, 9.17) is 27.9 Å². The molecule has 102 valence electrons. The van der Waals surface area contributed by atoms with Crippen molar-refractivity contribution in [1.29, 1.82) is 0 Å². The molecule has 0 radical (unpaired) electrons. The van der Waals surface area contributed by atoms with Gasteiger partial charge in [0.15, 0.2) is 0 Å². The fourth-order valence-electron chi connectivity index (χ4n) is 1.49. The van der Waals surface area contributed by atoms with Gasteiger partial charge in [0, 0.05) is 16.3 Å². The molecule has 1 atom stereocenters. The molecule has 0 bridgehead atoms. The Kier molecular flexibility index (Phi) is 4.79. The molecule has 0 saturated heterocycles. The number of aromatic nitrogens is 3. The van der Waals surface area contributed by atoms with Crippen LogP contribution in [-0.2, 0) is 17.3 Å². The van der Waals surface area contributed by atoms with E-state index in [1.165, 1.54) is 6.33 Å². The van der Waals surface area contributed by atoms with Crippen LogP contribution in [-0.4, -0.2) is 31.8 Å². The molecule has 19 heavy (non-hydrogen) atoms. The number of hydrogen-bond acceptors (Lipinski definition) is 4. The molecule has 0 saturated carbocycles. The summed E-state index contributed by atoms with van der Waals surface area (Å²) in [5, 5.41) is 8.96. The number of benzene rings is 1. The molecule has 2 rings (SSSR count). The van der Waals surface area contributed by atoms with Gasteiger partial charge in [-0.1, -0.05) is 23.2 Å². The average molecular weight is 320 g/mol. The van der Waals surface area contributed by atoms with Gasteiger partial charge in [-0.05, 0) is 18.2 Å². The van der Waals surface area contributed by atoms with Crippen molar-refractivity contribution in [2.75, 3.05) is 12.9 Å². The quantitative estimate of drug-likeness (QED) is 0.849. The van der Waals surface area contributed by atoms with Crippen molar-refractivity contribution in [1.82, 2.24) is 14.8 Å². The highest BCUT2D eigenvalue weighted by molar-refractivity contribution is 7.84. The van der Waals surface area contributed by atoms with Gasteiger partial charge in [-0.2, -0.15) is 0 Å². The maximum absolute atomic E-state index is 11.4. The minimum atomic E-state index is -1.17. The first-order chi connectivity index (χ1) is 9.06. The molecule has 0 aliphatic heterocycles. The Balaban J connectivity index is 1.96. The molecule has 1 aromatic carbocycles. The second-order valence-electron chi connectivity index (χ2n) is 3.71. The van der Waals surface area contributed by atoms with Gasteiger partial charge in [-0.3, -0.25) is 4.21 Å². The van der Waals surface area contributed by atoms with Crippen molar-refractivity contribution < 1.29 is 8.95 Å². The molecule has 8 heteroatoms. The van der Waals surface area contributed by atoms with Crippen LogP contribution < -0.4 is 4.74 Å². The van der Waals surface area contributed by atoms with E-state index >= 15 is 0 Å². The van der Waals surface area contributed by atoms with E-state index < -0.39 is 10.8 Å². The number of nitrogens with zero attached hydrogens (tertiary/aromatic N) is 3. The molecule has 0 aliphatic carbocycles. The molecular formula is C11H11Cl2N3O2S. The first kappa shape index (κ1) is 14.3. The first-order valence-corrected chi connectivity index (χ1v) is 7.68. The van der Waals surface area contributed by atoms with Crippen molar-refractivity contribution in [3.63, 3.8) is 0 Å². The lowest BCUT2D eigenvalue weighted by molar-refractivity contribution is 0.293. The SMILES string of the molecule is C[S@@](=O)c1nncn1CCOc1cc(Cl)cc(Cl)c1. The lowest BCUT2D eigenvalue weighted by atomic mass is 10.3. The Morgan fingerprint density at radius 1 is 1.32 bits per heavy atom. The van der Waals surface area contributed by atoms with Crippen LogP contribution in [0.2, 0.25) is 10.0 Å². The third kappa shape index (κ3) is 3.92. The zero-order valence-electron chi connectivity index (χ0n) is 10.0. The van der Waals surface area contributed by atoms with Crippen molar-refractivity contribution in [3.05, 3.63) is 34.6 Å². The monoisotopic (exact) mass is 319 g/mol. The zero-order valence-corrected chi connectivity index (χ0v) is 12.4. The largest absolute Gasteiger partial charge is 0.492 e. The van der Waals surface area contributed by atoms with Gasteiger partial charge in [0.05, 0.1) is 17.3 Å². The summed E-state index contributed by atoms with van der Waals surface area (Å²) >= 11 is 11.7. The van der Waals surface area contributed by atoms with Gasteiger partial charge in [-0.25, -0.2) is 0 Å². The predicted octanol–water partition coefficient (Wildman–Crippen LogP) is 2.40. The van der Waals surface area contributed by atoms with Gasteiger partial charge in [0.1, 0.15) is 18.7 Å². The Labute approximate surface area is 123 Å². The number of ether oxygens (including phenoxy) is 1. The highest BCUT2D eigenvalue weighted by atomic mass is 35.5. The van der Waals surface area contributed by atoms with Crippen molar-refractivity contribution in [3.8, 4) is 5.75 Å². The summed E-state index contributed by atoms with van der Waals surface area (Å²) in [6, 6.07) is 4.99. The third-order valence-corrected chi connectivity index (χ3v) is 3.54. The Morgan fingerprint density at radius 2 is 2.00 bits per heavy atom. The molecule has 1 heterocycles. The summed E-state index contributed by atoms with van der Waals surface area (Å²) in [6.07, 6.45) is 3.07. The first-order valence-electron chi connectivity index (χ1n) is 5.36. The van der Waals surface area contributed by atoms with E-state index in [1.54, 1.807) is 29.0 Å². The fourth-order valence-corrected chi connectivity index (χ4v) is 2.63. The van der Waals surface area contributed by atoms with Crippen LogP contribution >= 0.6 is 23.2 Å². The maximum atomic E-state index is 11.4. The summed E-state index contributed by atoms with van der Waals surface area (Å²) in [5.74, 6) is 0.588. The van der Waals surface area contributed by atoms with E-state index in [-0.39, 0.29) is 0 Å². The summed E-state index contributed by atoms with van der Waals surface area (Å²) < 4.78 is 18.6. The van der Waals surface area contributed by atoms with Crippen LogP contribution in [0.15, 0.2) is 29.7 Å². The molecule has 0 aliphatic rings. The topological polar surface area (TPSA) is 57.0 Å². The van der Waals surface area contributed by atoms with Crippen LogP contribution in [0.5, 0.6) is 5.75 Å². The van der Waals surface area contributed by atoms with E-state index in [2.05, 4.69) is 10.2 Å². The Hall–Kier alpha value is -1.11. The molecule has 2 aromatic rings. The molecule has 5 nitrogen and oxygen atoms in total. The molecule has 1 aromatic heterocycles. The summed E-state index contributed by atoms with van der Waals surface area (Å²) in [7, 11) is -1.17. The second kappa shape index (κ2) is 6.36. The fraction of sp³-hybridized carbons (Fsp3) is 0.273. The van der Waals surface area contributed by atoms with Gasteiger partial charge in [-0.15, -0.1) is 10.2 Å². The highest BCUT2D eigenvalue weighted by Crippen LogP contribution is 2.24. The van der Waals surface area contributed by atoms with Crippen LogP contribution in [0.4, 0.5) is 0 Å². The molecule has 0 amide bonds. The van der Waals surface area contributed by atoms with Crippen molar-refractivity contribution in [2.24, 2.45) is 0 Å². The zero-order chi connectivity index (χ0) is 13.8. The molecule has 0 unspecified atom stereocenters. The van der Waals surface area contributed by atoms with Crippen molar-refractivity contribution in [2.45, 2.75) is 11.7 Å².